The zero-order valence-electron chi connectivity index (χ0n) is 28.6. The van der Waals surface area contributed by atoms with E-state index in [-0.39, 0.29) is 18.0 Å². The summed E-state index contributed by atoms with van der Waals surface area (Å²) in [4.78, 5) is 40.0. The number of hydrogen-bond acceptors (Lipinski definition) is 5. The Bertz CT molecular complexity index is 1530. The van der Waals surface area contributed by atoms with E-state index in [4.69, 9.17) is 0 Å². The van der Waals surface area contributed by atoms with Gasteiger partial charge in [0.05, 0.1) is 0 Å². The monoisotopic (exact) mass is 716 g/mol. The van der Waals surface area contributed by atoms with Gasteiger partial charge in [0.25, 0.3) is 0 Å². The summed E-state index contributed by atoms with van der Waals surface area (Å²) in [6.45, 7) is 9.86. The number of fused-ring (bicyclic) bond motifs is 1. The van der Waals surface area contributed by atoms with Crippen LogP contribution < -0.4 is 10.6 Å². The van der Waals surface area contributed by atoms with Gasteiger partial charge in [0.1, 0.15) is 6.04 Å². The second-order valence-corrected chi connectivity index (χ2v) is 15.0. The van der Waals surface area contributed by atoms with Crippen LogP contribution in [0.3, 0.4) is 0 Å². The van der Waals surface area contributed by atoms with Crippen molar-refractivity contribution in [3.8, 4) is 6.19 Å². The molecule has 1 unspecified atom stereocenters. The van der Waals surface area contributed by atoms with Crippen molar-refractivity contribution in [2.24, 2.45) is 16.8 Å². The highest BCUT2D eigenvalue weighted by Gasteiger charge is 2.36. The highest BCUT2D eigenvalue weighted by molar-refractivity contribution is 9.10. The molecular formula is C37H49BrN8O2. The summed E-state index contributed by atoms with van der Waals surface area (Å²) in [5, 5.41) is 16.3. The van der Waals surface area contributed by atoms with Crippen LogP contribution in [0.25, 0.3) is 0 Å². The van der Waals surface area contributed by atoms with Gasteiger partial charge >= 0.3 is 6.03 Å². The summed E-state index contributed by atoms with van der Waals surface area (Å²) in [6, 6.07) is 11.7. The van der Waals surface area contributed by atoms with E-state index in [1.807, 2.05) is 34.2 Å². The molecular weight excluding hydrogens is 668 g/mol. The van der Waals surface area contributed by atoms with Gasteiger partial charge in [-0.05, 0) is 113 Å². The number of aryl methyl sites for hydroxylation is 2. The van der Waals surface area contributed by atoms with Gasteiger partial charge in [-0.25, -0.2) is 4.79 Å². The Morgan fingerprint density at radius 2 is 1.58 bits per heavy atom. The van der Waals surface area contributed by atoms with Crippen LogP contribution in [0, 0.1) is 37.1 Å². The summed E-state index contributed by atoms with van der Waals surface area (Å²) >= 11 is 3.69. The van der Waals surface area contributed by atoms with Crippen molar-refractivity contribution in [2.45, 2.75) is 77.4 Å². The average molecular weight is 718 g/mol. The van der Waals surface area contributed by atoms with E-state index in [0.717, 1.165) is 77.1 Å². The number of nitriles is 1. The summed E-state index contributed by atoms with van der Waals surface area (Å²) < 4.78 is 1.08. The molecule has 2 aromatic rings. The zero-order valence-corrected chi connectivity index (χ0v) is 30.1. The van der Waals surface area contributed by atoms with Gasteiger partial charge in [-0.3, -0.25) is 4.79 Å². The molecule has 4 heterocycles. The normalized spacial score (nSPS) is 21.0. The summed E-state index contributed by atoms with van der Waals surface area (Å²) in [6.07, 6.45) is 8.58. The van der Waals surface area contributed by atoms with Gasteiger partial charge in [-0.2, -0.15) is 5.26 Å². The lowest BCUT2D eigenvalue weighted by Gasteiger charge is -2.42. The predicted octanol–water partition coefficient (Wildman–Crippen LogP) is 5.50. The van der Waals surface area contributed by atoms with E-state index < -0.39 is 6.04 Å². The van der Waals surface area contributed by atoms with Crippen LogP contribution in [-0.4, -0.2) is 95.9 Å². The molecule has 11 heteroatoms. The number of benzene rings is 2. The van der Waals surface area contributed by atoms with Crippen molar-refractivity contribution < 1.29 is 9.59 Å². The van der Waals surface area contributed by atoms with Crippen LogP contribution in [-0.2, 0) is 17.8 Å². The summed E-state index contributed by atoms with van der Waals surface area (Å²) in [5.41, 5.74) is 5.33. The fraction of sp³-hybridized carbons (Fsp3) is 0.568. The maximum absolute atomic E-state index is 14.3. The fourth-order valence-corrected chi connectivity index (χ4v) is 8.43. The molecule has 1 atom stereocenters. The number of piperidine rings is 3. The zero-order chi connectivity index (χ0) is 33.8. The number of aliphatic imine (C=N–C) groups is 1. The molecule has 0 spiro atoms. The Morgan fingerprint density at radius 1 is 0.979 bits per heavy atom. The molecule has 2 N–H and O–H groups in total. The lowest BCUT2D eigenvalue weighted by atomic mass is 9.79. The molecule has 10 nitrogen and oxygen atoms in total. The van der Waals surface area contributed by atoms with E-state index in [9.17, 15) is 14.9 Å². The molecule has 6 rings (SSSR count). The lowest BCUT2D eigenvalue weighted by Crippen LogP contribution is -2.57. The van der Waals surface area contributed by atoms with Crippen LogP contribution in [0.5, 0.6) is 0 Å². The molecule has 3 amide bonds. The first-order valence-corrected chi connectivity index (χ1v) is 18.4. The Hall–Kier alpha value is -3.62. The van der Waals surface area contributed by atoms with Gasteiger partial charge in [-0.15, -0.1) is 4.99 Å². The molecule has 4 aliphatic rings. The second-order valence-electron chi connectivity index (χ2n) is 14.2. The number of anilines is 1. The minimum Gasteiger partial charge on any atom is -0.343 e. The number of carbonyl (C=O) groups excluding carboxylic acids is 2. The summed E-state index contributed by atoms with van der Waals surface area (Å²) in [5.74, 6) is 1.94. The number of nitrogens with zero attached hydrogens (tertiary/aromatic N) is 6. The number of hydrogen-bond donors (Lipinski definition) is 2. The Balaban J connectivity index is 1.14. The van der Waals surface area contributed by atoms with Gasteiger partial charge in [-0.1, -0.05) is 46.3 Å². The van der Waals surface area contributed by atoms with Gasteiger partial charge in [0.2, 0.25) is 18.1 Å². The first-order valence-electron chi connectivity index (χ1n) is 17.6. The minimum atomic E-state index is -0.556. The third kappa shape index (κ3) is 7.81. The molecule has 0 aliphatic carbocycles. The highest BCUT2D eigenvalue weighted by atomic mass is 79.9. The number of para-hydroxylation sites is 1. The van der Waals surface area contributed by atoms with Crippen LogP contribution in [0.2, 0.25) is 0 Å². The Labute approximate surface area is 293 Å². The number of likely N-dealkylation sites (tertiary alicyclic amines) is 3. The molecule has 0 bridgehead atoms. The first kappa shape index (κ1) is 34.3. The maximum atomic E-state index is 14.3. The van der Waals surface area contributed by atoms with Crippen LogP contribution in [0.15, 0.2) is 45.9 Å². The highest BCUT2D eigenvalue weighted by Crippen LogP contribution is 2.33. The first-order chi connectivity index (χ1) is 23.2. The standard InChI is InChI=1S/C37H49BrN8O2/c1-25-20-27(21-26(2)34(25)38)22-33(35(47)44-16-10-29(11-17-44)28-8-14-43(3)15-9-28)41-36(40-24-39)45-18-12-31(13-19-45)46-23-30-6-4-5-7-32(30)42-37(46)48/h4-7,20-21,28-29,31,33H,8-19,22-23H2,1-3H3,(H,40,41)(H,42,48). The third-order valence-electron chi connectivity index (χ3n) is 11.0. The molecule has 256 valence electrons. The molecule has 3 fully saturated rings. The van der Waals surface area contributed by atoms with Crippen molar-refractivity contribution in [1.82, 2.24) is 24.9 Å². The number of amides is 3. The van der Waals surface area contributed by atoms with Crippen molar-refractivity contribution in [3.05, 3.63) is 63.1 Å². The van der Waals surface area contributed by atoms with Gasteiger partial charge in [0.15, 0.2) is 0 Å². The molecule has 0 saturated carbocycles. The number of halogens is 1. The maximum Gasteiger partial charge on any atom is 0.322 e. The van der Waals surface area contributed by atoms with Gasteiger partial charge in [0, 0.05) is 55.3 Å². The van der Waals surface area contributed by atoms with Gasteiger partial charge < -0.3 is 30.2 Å². The van der Waals surface area contributed by atoms with E-state index in [2.05, 4.69) is 80.4 Å². The number of nitrogens with one attached hydrogen (secondary N) is 2. The molecule has 0 radical (unpaired) electrons. The number of urea groups is 1. The minimum absolute atomic E-state index is 0.0680. The second kappa shape index (κ2) is 15.3. The Morgan fingerprint density at radius 3 is 2.23 bits per heavy atom. The van der Waals surface area contributed by atoms with E-state index in [0.29, 0.717) is 37.9 Å². The molecule has 3 saturated heterocycles. The van der Waals surface area contributed by atoms with E-state index in [1.165, 1.54) is 25.9 Å². The van der Waals surface area contributed by atoms with Crippen LogP contribution in [0.4, 0.5) is 10.5 Å². The SMILES string of the molecule is Cc1cc(CC(NC(=NC#N)N2CCC(N3Cc4ccccc4NC3=O)CC2)C(=O)N2CCC(C3CCN(C)CC3)CC2)cc(C)c1Br. The van der Waals surface area contributed by atoms with E-state index >= 15 is 0 Å². The lowest BCUT2D eigenvalue weighted by molar-refractivity contribution is -0.134. The molecule has 4 aliphatic heterocycles. The molecule has 2 aromatic carbocycles. The molecule has 48 heavy (non-hydrogen) atoms. The third-order valence-corrected chi connectivity index (χ3v) is 12.3. The van der Waals surface area contributed by atoms with Crippen LogP contribution in [0.1, 0.15) is 60.8 Å². The summed E-state index contributed by atoms with van der Waals surface area (Å²) in [7, 11) is 2.21. The fourth-order valence-electron chi connectivity index (χ4n) is 8.21. The quantitative estimate of drug-likeness (QED) is 0.233. The van der Waals surface area contributed by atoms with Crippen molar-refractivity contribution in [3.63, 3.8) is 0 Å². The topological polar surface area (TPSA) is 107 Å². The number of rotatable bonds is 6. The van der Waals surface area contributed by atoms with E-state index in [1.54, 1.807) is 0 Å². The van der Waals surface area contributed by atoms with Crippen molar-refractivity contribution in [2.75, 3.05) is 51.6 Å². The van der Waals surface area contributed by atoms with Crippen molar-refractivity contribution in [1.29, 1.82) is 5.26 Å². The van der Waals surface area contributed by atoms with Crippen molar-refractivity contribution >= 4 is 39.5 Å². The van der Waals surface area contributed by atoms with Crippen LogP contribution >= 0.6 is 15.9 Å². The Kier molecular flexibility index (Phi) is 10.9. The average Bonchev–Trinajstić information content (AvgIpc) is 3.10. The number of carbonyl (C=O) groups is 2. The molecule has 0 aromatic heterocycles. The largest absolute Gasteiger partial charge is 0.343 e. The smallest absolute Gasteiger partial charge is 0.322 e. The number of guanidine groups is 1. The predicted molar refractivity (Wildman–Crippen MR) is 192 cm³/mol.